The Morgan fingerprint density at radius 2 is 1.68 bits per heavy atom. The molecule has 0 aliphatic rings. The van der Waals surface area contributed by atoms with E-state index >= 15 is 0 Å². The fourth-order valence-corrected chi connectivity index (χ4v) is 2.67. The zero-order chi connectivity index (χ0) is 15.7. The van der Waals surface area contributed by atoms with Crippen LogP contribution in [0.2, 0.25) is 0 Å². The molecule has 3 nitrogen and oxygen atoms in total. The maximum atomic E-state index is 5.36. The molecule has 0 N–H and O–H groups in total. The van der Waals surface area contributed by atoms with Crippen molar-refractivity contribution in [2.75, 3.05) is 7.11 Å². The van der Waals surface area contributed by atoms with E-state index in [0.717, 1.165) is 22.4 Å². The topological polar surface area (TPSA) is 27.1 Å². The molecule has 0 unspecified atom stereocenters. The first kappa shape index (κ1) is 14.8. The Bertz CT molecular complexity index is 779. The summed E-state index contributed by atoms with van der Waals surface area (Å²) in [4.78, 5) is 4.78. The van der Waals surface area contributed by atoms with E-state index in [-0.39, 0.29) is 5.41 Å². The molecule has 0 atom stereocenters. The van der Waals surface area contributed by atoms with Crippen LogP contribution in [-0.4, -0.2) is 16.7 Å². The highest BCUT2D eigenvalue weighted by Gasteiger charge is 2.15. The van der Waals surface area contributed by atoms with Crippen molar-refractivity contribution in [3.8, 4) is 11.4 Å². The zero-order valence-electron chi connectivity index (χ0n) is 13.6. The van der Waals surface area contributed by atoms with Gasteiger partial charge in [0.15, 0.2) is 0 Å². The van der Waals surface area contributed by atoms with E-state index in [1.807, 2.05) is 18.2 Å². The normalized spacial score (nSPS) is 12.0. The molecule has 3 aromatic rings. The maximum Gasteiger partial charge on any atom is 0.143 e. The molecule has 0 aliphatic heterocycles. The van der Waals surface area contributed by atoms with Crippen LogP contribution in [0.25, 0.3) is 22.4 Å². The lowest BCUT2D eigenvalue weighted by Crippen LogP contribution is -2.10. The summed E-state index contributed by atoms with van der Waals surface area (Å²) in [6, 6.07) is 16.8. The second-order valence-electron chi connectivity index (χ2n) is 6.60. The molecule has 0 aliphatic carbocycles. The molecular formula is C19H22N2O. The van der Waals surface area contributed by atoms with E-state index in [0.29, 0.717) is 6.73 Å². The summed E-state index contributed by atoms with van der Waals surface area (Å²) in [6.45, 7) is 7.17. The Morgan fingerprint density at radius 1 is 1.00 bits per heavy atom. The van der Waals surface area contributed by atoms with Crippen molar-refractivity contribution in [2.45, 2.75) is 32.9 Å². The van der Waals surface area contributed by atoms with E-state index in [1.165, 1.54) is 5.56 Å². The average molecular weight is 294 g/mol. The van der Waals surface area contributed by atoms with Crippen LogP contribution in [0.5, 0.6) is 0 Å². The van der Waals surface area contributed by atoms with Crippen LogP contribution in [0.1, 0.15) is 26.3 Å². The number of aromatic nitrogens is 2. The molecule has 22 heavy (non-hydrogen) atoms. The number of ether oxygens (including phenoxy) is 1. The summed E-state index contributed by atoms with van der Waals surface area (Å²) in [5.41, 5.74) is 4.69. The van der Waals surface area contributed by atoms with E-state index in [9.17, 15) is 0 Å². The van der Waals surface area contributed by atoms with Crippen LogP contribution in [0, 0.1) is 0 Å². The second-order valence-corrected chi connectivity index (χ2v) is 6.60. The molecule has 0 fully saturated rings. The monoisotopic (exact) mass is 294 g/mol. The van der Waals surface area contributed by atoms with Gasteiger partial charge in [0.05, 0.1) is 11.0 Å². The number of para-hydroxylation sites is 2. The largest absolute Gasteiger partial charge is 0.364 e. The fourth-order valence-electron chi connectivity index (χ4n) is 2.67. The lowest BCUT2D eigenvalue weighted by atomic mass is 9.87. The lowest BCUT2D eigenvalue weighted by molar-refractivity contribution is 0.135. The van der Waals surface area contributed by atoms with Gasteiger partial charge in [-0.3, -0.25) is 4.57 Å². The van der Waals surface area contributed by atoms with E-state index < -0.39 is 0 Å². The van der Waals surface area contributed by atoms with Crippen molar-refractivity contribution in [3.63, 3.8) is 0 Å². The number of hydrogen-bond acceptors (Lipinski definition) is 2. The first-order valence-corrected chi connectivity index (χ1v) is 7.56. The van der Waals surface area contributed by atoms with Gasteiger partial charge in [0.1, 0.15) is 12.6 Å². The molecule has 114 valence electrons. The van der Waals surface area contributed by atoms with Crippen LogP contribution in [0.3, 0.4) is 0 Å². The van der Waals surface area contributed by atoms with Crippen molar-refractivity contribution < 1.29 is 4.74 Å². The summed E-state index contributed by atoms with van der Waals surface area (Å²) in [6.07, 6.45) is 0. The maximum absolute atomic E-state index is 5.36. The van der Waals surface area contributed by atoms with Gasteiger partial charge < -0.3 is 4.74 Å². The van der Waals surface area contributed by atoms with Gasteiger partial charge in [0, 0.05) is 12.7 Å². The Labute approximate surface area is 131 Å². The minimum atomic E-state index is 0.158. The van der Waals surface area contributed by atoms with E-state index in [2.05, 4.69) is 55.7 Å². The lowest BCUT2D eigenvalue weighted by Gasteiger charge is -2.19. The summed E-state index contributed by atoms with van der Waals surface area (Å²) in [5, 5.41) is 0. The minimum absolute atomic E-state index is 0.158. The second kappa shape index (κ2) is 5.58. The number of benzene rings is 2. The number of nitrogens with zero attached hydrogens (tertiary/aromatic N) is 2. The number of imidazole rings is 1. The molecule has 3 heteroatoms. The Hall–Kier alpha value is -2.13. The number of hydrogen-bond donors (Lipinski definition) is 0. The van der Waals surface area contributed by atoms with Crippen LogP contribution >= 0.6 is 0 Å². The van der Waals surface area contributed by atoms with Crippen LogP contribution in [0.4, 0.5) is 0 Å². The fraction of sp³-hybridized carbons (Fsp3) is 0.316. The smallest absolute Gasteiger partial charge is 0.143 e. The van der Waals surface area contributed by atoms with Crippen LogP contribution in [0.15, 0.2) is 48.5 Å². The molecule has 3 rings (SSSR count). The van der Waals surface area contributed by atoms with E-state index in [4.69, 9.17) is 9.72 Å². The van der Waals surface area contributed by atoms with Crippen molar-refractivity contribution in [3.05, 3.63) is 54.1 Å². The average Bonchev–Trinajstić information content (AvgIpc) is 2.86. The molecular weight excluding hydrogens is 272 g/mol. The first-order valence-electron chi connectivity index (χ1n) is 7.56. The zero-order valence-corrected chi connectivity index (χ0v) is 13.6. The van der Waals surface area contributed by atoms with Gasteiger partial charge in [-0.15, -0.1) is 0 Å². The summed E-state index contributed by atoms with van der Waals surface area (Å²) < 4.78 is 7.47. The molecule has 0 saturated heterocycles. The molecule has 0 radical (unpaired) electrons. The van der Waals surface area contributed by atoms with Gasteiger partial charge in [-0.05, 0) is 23.1 Å². The Morgan fingerprint density at radius 3 is 2.32 bits per heavy atom. The van der Waals surface area contributed by atoms with Crippen molar-refractivity contribution >= 4 is 11.0 Å². The van der Waals surface area contributed by atoms with Crippen LogP contribution in [-0.2, 0) is 16.9 Å². The Kier molecular flexibility index (Phi) is 3.75. The van der Waals surface area contributed by atoms with Gasteiger partial charge in [-0.1, -0.05) is 57.2 Å². The predicted octanol–water partition coefficient (Wildman–Crippen LogP) is 4.60. The summed E-state index contributed by atoms with van der Waals surface area (Å²) in [7, 11) is 1.71. The van der Waals surface area contributed by atoms with Crippen molar-refractivity contribution in [2.24, 2.45) is 0 Å². The first-order chi connectivity index (χ1) is 10.5. The molecule has 0 amide bonds. The highest BCUT2D eigenvalue weighted by Crippen LogP contribution is 2.28. The molecule has 2 aromatic carbocycles. The van der Waals surface area contributed by atoms with E-state index in [1.54, 1.807) is 7.11 Å². The molecule has 1 aromatic heterocycles. The Balaban J connectivity index is 2.11. The highest BCUT2D eigenvalue weighted by atomic mass is 16.5. The third-order valence-electron chi connectivity index (χ3n) is 3.92. The molecule has 0 saturated carbocycles. The number of methoxy groups -OCH3 is 1. The summed E-state index contributed by atoms with van der Waals surface area (Å²) in [5.74, 6) is 0.948. The van der Waals surface area contributed by atoms with Gasteiger partial charge in [-0.2, -0.15) is 0 Å². The summed E-state index contributed by atoms with van der Waals surface area (Å²) >= 11 is 0. The van der Waals surface area contributed by atoms with Crippen molar-refractivity contribution in [1.29, 1.82) is 0 Å². The minimum Gasteiger partial charge on any atom is -0.364 e. The third-order valence-corrected chi connectivity index (χ3v) is 3.92. The third kappa shape index (κ3) is 2.64. The number of rotatable bonds is 3. The van der Waals surface area contributed by atoms with Crippen LogP contribution < -0.4 is 0 Å². The number of fused-ring (bicyclic) bond motifs is 1. The van der Waals surface area contributed by atoms with Gasteiger partial charge >= 0.3 is 0 Å². The molecule has 0 bridgehead atoms. The standard InChI is InChI=1S/C19H22N2O/c1-19(2,3)15-11-9-14(10-12-15)18-20-16-7-5-6-8-17(16)21(18)13-22-4/h5-12H,13H2,1-4H3. The van der Waals surface area contributed by atoms with Crippen molar-refractivity contribution in [1.82, 2.24) is 9.55 Å². The van der Waals surface area contributed by atoms with Gasteiger partial charge in [0.2, 0.25) is 0 Å². The van der Waals surface area contributed by atoms with Gasteiger partial charge in [-0.25, -0.2) is 4.98 Å². The molecule has 0 spiro atoms. The molecule has 1 heterocycles. The highest BCUT2D eigenvalue weighted by molar-refractivity contribution is 5.80. The quantitative estimate of drug-likeness (QED) is 0.705. The predicted molar refractivity (Wildman–Crippen MR) is 90.9 cm³/mol. The van der Waals surface area contributed by atoms with Gasteiger partial charge in [0.25, 0.3) is 0 Å². The SMILES string of the molecule is COCn1c(-c2ccc(C(C)(C)C)cc2)nc2ccccc21.